The summed E-state index contributed by atoms with van der Waals surface area (Å²) in [6, 6.07) is 0. The number of halogens is 1. The zero-order valence-corrected chi connectivity index (χ0v) is 22.6. The Morgan fingerprint density at radius 2 is 0.448 bits per heavy atom. The van der Waals surface area contributed by atoms with Crippen molar-refractivity contribution in [3.8, 4) is 0 Å². The molecule has 0 aromatic carbocycles. The van der Waals surface area contributed by atoms with Gasteiger partial charge in [0, 0.05) is 0 Å². The minimum absolute atomic E-state index is 1.34. The number of rotatable bonds is 26. The van der Waals surface area contributed by atoms with E-state index in [2.05, 4.69) is 29.5 Å². The Bertz CT molecular complexity index is 237. The van der Waals surface area contributed by atoms with Gasteiger partial charge < -0.3 is 0 Å². The number of hydrogen-bond acceptors (Lipinski definition) is 0. The SMILES string of the molecule is CCCCCCCCCCCCCCCCCCCCCCCCCCCCI. The van der Waals surface area contributed by atoms with Gasteiger partial charge in [-0.15, -0.1) is 0 Å². The fraction of sp³-hybridized carbons (Fsp3) is 1.00. The van der Waals surface area contributed by atoms with Crippen molar-refractivity contribution in [1.29, 1.82) is 0 Å². The highest BCUT2D eigenvalue weighted by Crippen LogP contribution is 2.16. The van der Waals surface area contributed by atoms with E-state index in [0.717, 1.165) is 0 Å². The van der Waals surface area contributed by atoms with Crippen LogP contribution in [0.3, 0.4) is 0 Å². The Hall–Kier alpha value is 0.730. The van der Waals surface area contributed by atoms with E-state index in [-0.39, 0.29) is 0 Å². The first-order chi connectivity index (χ1) is 14.4. The molecule has 0 aliphatic carbocycles. The second-order valence-electron chi connectivity index (χ2n) is 9.53. The van der Waals surface area contributed by atoms with Gasteiger partial charge in [0.2, 0.25) is 0 Å². The first-order valence-corrected chi connectivity index (χ1v) is 15.5. The van der Waals surface area contributed by atoms with Crippen molar-refractivity contribution < 1.29 is 0 Å². The Morgan fingerprint density at radius 1 is 0.276 bits per heavy atom. The summed E-state index contributed by atoms with van der Waals surface area (Å²) < 4.78 is 1.34. The summed E-state index contributed by atoms with van der Waals surface area (Å²) in [6.45, 7) is 2.30. The fourth-order valence-electron chi connectivity index (χ4n) is 4.41. The molecule has 0 aromatic rings. The van der Waals surface area contributed by atoms with Gasteiger partial charge in [-0.05, 0) is 10.8 Å². The highest BCUT2D eigenvalue weighted by atomic mass is 127. The smallest absolute Gasteiger partial charge is 0.000473 e. The maximum atomic E-state index is 2.50. The second kappa shape index (κ2) is 28.7. The summed E-state index contributed by atoms with van der Waals surface area (Å²) in [6.07, 6.45) is 38.5. The standard InChI is InChI=1S/C28H57I/c1-2-3-4-5-6-7-8-9-10-11-12-13-14-15-16-17-18-19-20-21-22-23-24-25-26-27-28-29/h2-28H2,1H3. The van der Waals surface area contributed by atoms with Crippen LogP contribution in [0.4, 0.5) is 0 Å². The monoisotopic (exact) mass is 520 g/mol. The molecule has 0 nitrogen and oxygen atoms in total. The average molecular weight is 521 g/mol. The molecule has 0 amide bonds. The summed E-state index contributed by atoms with van der Waals surface area (Å²) in [5.41, 5.74) is 0. The van der Waals surface area contributed by atoms with Gasteiger partial charge in [-0.25, -0.2) is 0 Å². The van der Waals surface area contributed by atoms with Crippen molar-refractivity contribution >= 4 is 22.6 Å². The largest absolute Gasteiger partial charge is 0.0864 e. The summed E-state index contributed by atoms with van der Waals surface area (Å²) in [5.74, 6) is 0. The maximum Gasteiger partial charge on any atom is -0.000473 e. The predicted molar refractivity (Wildman–Crippen MR) is 145 cm³/mol. The summed E-state index contributed by atoms with van der Waals surface area (Å²) in [5, 5.41) is 0. The molecule has 0 unspecified atom stereocenters. The van der Waals surface area contributed by atoms with E-state index >= 15 is 0 Å². The lowest BCUT2D eigenvalue weighted by molar-refractivity contribution is 0.516. The predicted octanol–water partition coefficient (Wildman–Crippen LogP) is 11.6. The summed E-state index contributed by atoms with van der Waals surface area (Å²) >= 11 is 2.50. The maximum absolute atomic E-state index is 2.50. The first kappa shape index (κ1) is 29.7. The molecule has 0 bridgehead atoms. The van der Waals surface area contributed by atoms with Gasteiger partial charge in [0.25, 0.3) is 0 Å². The highest BCUT2D eigenvalue weighted by Gasteiger charge is 1.96. The molecule has 0 aromatic heterocycles. The zero-order chi connectivity index (χ0) is 21.1. The van der Waals surface area contributed by atoms with Crippen LogP contribution in [0.2, 0.25) is 0 Å². The Kier molecular flexibility index (Phi) is 29.5. The number of unbranched alkanes of at least 4 members (excludes halogenated alkanes) is 25. The quantitative estimate of drug-likeness (QED) is 0.0604. The first-order valence-electron chi connectivity index (χ1n) is 14.0. The molecule has 29 heavy (non-hydrogen) atoms. The molecule has 0 rings (SSSR count). The Labute approximate surface area is 200 Å². The van der Waals surface area contributed by atoms with Gasteiger partial charge in [-0.3, -0.25) is 0 Å². The molecule has 0 N–H and O–H groups in total. The fourth-order valence-corrected chi connectivity index (χ4v) is 4.95. The molecule has 0 fully saturated rings. The minimum atomic E-state index is 1.34. The van der Waals surface area contributed by atoms with Crippen molar-refractivity contribution in [3.05, 3.63) is 0 Å². The summed E-state index contributed by atoms with van der Waals surface area (Å²) in [7, 11) is 0. The van der Waals surface area contributed by atoms with Crippen LogP contribution < -0.4 is 0 Å². The molecule has 0 aliphatic heterocycles. The highest BCUT2D eigenvalue weighted by molar-refractivity contribution is 14.1. The molecule has 1 heteroatoms. The van der Waals surface area contributed by atoms with Crippen LogP contribution in [0.25, 0.3) is 0 Å². The van der Waals surface area contributed by atoms with Crippen LogP contribution in [0, 0.1) is 0 Å². The van der Waals surface area contributed by atoms with E-state index in [0.29, 0.717) is 0 Å². The number of alkyl halides is 1. The van der Waals surface area contributed by atoms with Crippen molar-refractivity contribution in [2.24, 2.45) is 0 Å². The van der Waals surface area contributed by atoms with Gasteiger partial charge in [0.05, 0.1) is 0 Å². The molecular formula is C28H57I. The molecule has 0 aliphatic rings. The van der Waals surface area contributed by atoms with Crippen LogP contribution in [-0.2, 0) is 0 Å². The molecule has 0 spiro atoms. The third-order valence-corrected chi connectivity index (χ3v) is 7.25. The van der Waals surface area contributed by atoms with Crippen LogP contribution in [0.5, 0.6) is 0 Å². The van der Waals surface area contributed by atoms with E-state index in [4.69, 9.17) is 0 Å². The van der Waals surface area contributed by atoms with Gasteiger partial charge in [-0.2, -0.15) is 0 Å². The van der Waals surface area contributed by atoms with E-state index in [1.165, 1.54) is 171 Å². The lowest BCUT2D eigenvalue weighted by Crippen LogP contribution is -1.84. The molecule has 0 saturated heterocycles. The van der Waals surface area contributed by atoms with Crippen molar-refractivity contribution in [2.75, 3.05) is 4.43 Å². The average Bonchev–Trinajstić information content (AvgIpc) is 2.74. The van der Waals surface area contributed by atoms with Gasteiger partial charge in [0.15, 0.2) is 0 Å². The van der Waals surface area contributed by atoms with Gasteiger partial charge >= 0.3 is 0 Å². The van der Waals surface area contributed by atoms with Gasteiger partial charge in [0.1, 0.15) is 0 Å². The zero-order valence-electron chi connectivity index (χ0n) is 20.5. The van der Waals surface area contributed by atoms with Crippen molar-refractivity contribution in [3.63, 3.8) is 0 Å². The lowest BCUT2D eigenvalue weighted by Gasteiger charge is -2.04. The molecular weight excluding hydrogens is 463 g/mol. The molecule has 0 radical (unpaired) electrons. The normalized spacial score (nSPS) is 11.4. The Morgan fingerprint density at radius 3 is 0.621 bits per heavy atom. The van der Waals surface area contributed by atoms with Crippen molar-refractivity contribution in [2.45, 2.75) is 174 Å². The number of hydrogen-bond donors (Lipinski definition) is 0. The van der Waals surface area contributed by atoms with E-state index < -0.39 is 0 Å². The molecule has 176 valence electrons. The Balaban J connectivity index is 2.97. The van der Waals surface area contributed by atoms with E-state index in [1.807, 2.05) is 0 Å². The molecule has 0 saturated carbocycles. The van der Waals surface area contributed by atoms with Crippen LogP contribution >= 0.6 is 22.6 Å². The summed E-state index contributed by atoms with van der Waals surface area (Å²) in [4.78, 5) is 0. The van der Waals surface area contributed by atoms with Gasteiger partial charge in [-0.1, -0.05) is 190 Å². The molecule has 0 atom stereocenters. The third-order valence-electron chi connectivity index (χ3n) is 6.49. The lowest BCUT2D eigenvalue weighted by atomic mass is 10.0. The topological polar surface area (TPSA) is 0 Å². The third kappa shape index (κ3) is 28.7. The minimum Gasteiger partial charge on any atom is -0.0864 e. The second-order valence-corrected chi connectivity index (χ2v) is 10.6. The van der Waals surface area contributed by atoms with Crippen LogP contribution in [0.1, 0.15) is 174 Å². The van der Waals surface area contributed by atoms with Crippen LogP contribution in [-0.4, -0.2) is 4.43 Å². The van der Waals surface area contributed by atoms with Crippen LogP contribution in [0.15, 0.2) is 0 Å². The van der Waals surface area contributed by atoms with Crippen molar-refractivity contribution in [1.82, 2.24) is 0 Å². The van der Waals surface area contributed by atoms with E-state index in [9.17, 15) is 0 Å². The molecule has 0 heterocycles. The van der Waals surface area contributed by atoms with E-state index in [1.54, 1.807) is 0 Å².